The molecule has 0 atom stereocenters. The third-order valence-electron chi connectivity index (χ3n) is 6.03. The van der Waals surface area contributed by atoms with Gasteiger partial charge in [0.2, 0.25) is 10.0 Å². The predicted octanol–water partition coefficient (Wildman–Crippen LogP) is 2.41. The highest BCUT2D eigenvalue weighted by molar-refractivity contribution is 7.89. The van der Waals surface area contributed by atoms with Gasteiger partial charge in [0.05, 0.1) is 35.6 Å². The second kappa shape index (κ2) is 10.1. The van der Waals surface area contributed by atoms with Crippen molar-refractivity contribution in [3.05, 3.63) is 42.1 Å². The molecule has 0 aliphatic carbocycles. The molecule has 1 N–H and O–H groups in total. The zero-order valence-electron chi connectivity index (χ0n) is 19.2. The zero-order valence-corrected chi connectivity index (χ0v) is 20.0. The maximum atomic E-state index is 13.3. The van der Waals surface area contributed by atoms with E-state index >= 15 is 0 Å². The van der Waals surface area contributed by atoms with E-state index in [1.807, 2.05) is 12.1 Å². The van der Waals surface area contributed by atoms with Gasteiger partial charge in [-0.1, -0.05) is 0 Å². The van der Waals surface area contributed by atoms with Crippen LogP contribution in [-0.4, -0.2) is 77.1 Å². The van der Waals surface area contributed by atoms with E-state index in [1.165, 1.54) is 20.2 Å². The summed E-state index contributed by atoms with van der Waals surface area (Å²) in [4.78, 5) is 22.2. The molecule has 0 spiro atoms. The number of hydrogen-bond acceptors (Lipinski definition) is 7. The van der Waals surface area contributed by atoms with Crippen molar-refractivity contribution < 1.29 is 17.9 Å². The van der Waals surface area contributed by atoms with Gasteiger partial charge < -0.3 is 19.9 Å². The summed E-state index contributed by atoms with van der Waals surface area (Å²) in [6.45, 7) is 4.60. The number of piperidine rings is 1. The number of sulfonamides is 1. The Hall–Kier alpha value is -2.69. The van der Waals surface area contributed by atoms with Crippen molar-refractivity contribution in [2.75, 3.05) is 68.6 Å². The van der Waals surface area contributed by atoms with Crippen LogP contribution in [0.1, 0.15) is 29.6 Å². The monoisotopic (exact) mass is 473 g/mol. The summed E-state index contributed by atoms with van der Waals surface area (Å²) < 4.78 is 31.9. The first-order chi connectivity index (χ1) is 15.9. The molecule has 0 bridgehead atoms. The van der Waals surface area contributed by atoms with Crippen LogP contribution < -0.4 is 15.1 Å². The number of carbonyl (C=O) groups excluding carboxylic acids is 1. The van der Waals surface area contributed by atoms with Gasteiger partial charge in [0.1, 0.15) is 5.82 Å². The van der Waals surface area contributed by atoms with Crippen LogP contribution >= 0.6 is 0 Å². The van der Waals surface area contributed by atoms with Gasteiger partial charge in [-0.25, -0.2) is 17.7 Å². The summed E-state index contributed by atoms with van der Waals surface area (Å²) in [6.07, 6.45) is 4.88. The van der Waals surface area contributed by atoms with Gasteiger partial charge in [-0.2, -0.15) is 0 Å². The predicted molar refractivity (Wildman–Crippen MR) is 129 cm³/mol. The summed E-state index contributed by atoms with van der Waals surface area (Å²) >= 11 is 0. The second-order valence-corrected chi connectivity index (χ2v) is 10.6. The molecule has 1 aromatic carbocycles. The maximum Gasteiger partial charge on any atom is 0.257 e. The number of amides is 1. The fourth-order valence-corrected chi connectivity index (χ4v) is 5.05. The lowest BCUT2D eigenvalue weighted by Crippen LogP contribution is -2.36. The average molecular weight is 474 g/mol. The van der Waals surface area contributed by atoms with Crippen LogP contribution in [0.3, 0.4) is 0 Å². The molecule has 2 saturated heterocycles. The number of benzene rings is 1. The Morgan fingerprint density at radius 2 is 1.73 bits per heavy atom. The van der Waals surface area contributed by atoms with Crippen molar-refractivity contribution in [2.45, 2.75) is 24.2 Å². The molecule has 33 heavy (non-hydrogen) atoms. The van der Waals surface area contributed by atoms with Crippen molar-refractivity contribution in [2.24, 2.45) is 0 Å². The molecule has 0 radical (unpaired) electrons. The van der Waals surface area contributed by atoms with Crippen LogP contribution in [0, 0.1) is 0 Å². The first-order valence-corrected chi connectivity index (χ1v) is 12.7. The van der Waals surface area contributed by atoms with Crippen LogP contribution in [0.25, 0.3) is 0 Å². The Balaban J connectivity index is 1.60. The van der Waals surface area contributed by atoms with Crippen molar-refractivity contribution >= 4 is 33.1 Å². The van der Waals surface area contributed by atoms with Crippen molar-refractivity contribution in [3.63, 3.8) is 0 Å². The number of ether oxygens (including phenoxy) is 1. The third kappa shape index (κ3) is 5.29. The van der Waals surface area contributed by atoms with Gasteiger partial charge in [0.15, 0.2) is 0 Å². The molecule has 0 unspecified atom stereocenters. The van der Waals surface area contributed by atoms with Crippen molar-refractivity contribution in [3.8, 4) is 0 Å². The van der Waals surface area contributed by atoms with E-state index in [2.05, 4.69) is 20.1 Å². The molecule has 3 heterocycles. The van der Waals surface area contributed by atoms with Gasteiger partial charge in [-0.05, 0) is 49.6 Å². The molecule has 2 fully saturated rings. The quantitative estimate of drug-likeness (QED) is 0.688. The summed E-state index contributed by atoms with van der Waals surface area (Å²) in [5, 5.41) is 2.90. The molecular weight excluding hydrogens is 442 g/mol. The topological polar surface area (TPSA) is 95.1 Å². The first-order valence-electron chi connectivity index (χ1n) is 11.3. The minimum Gasteiger partial charge on any atom is -0.378 e. The average Bonchev–Trinajstić information content (AvgIpc) is 2.85. The number of carbonyl (C=O) groups is 1. The number of rotatable bonds is 6. The van der Waals surface area contributed by atoms with Crippen molar-refractivity contribution in [1.29, 1.82) is 0 Å². The Morgan fingerprint density at radius 1 is 1.00 bits per heavy atom. The van der Waals surface area contributed by atoms with Crippen molar-refractivity contribution in [1.82, 2.24) is 9.29 Å². The number of pyridine rings is 1. The Bertz CT molecular complexity index is 1080. The smallest absolute Gasteiger partial charge is 0.257 e. The van der Waals surface area contributed by atoms with E-state index in [0.717, 1.165) is 61.3 Å². The molecule has 1 amide bonds. The zero-order chi connectivity index (χ0) is 23.4. The molecule has 0 saturated carbocycles. The SMILES string of the molecule is CN(C)S(=O)(=O)c1ccc(N2CCCCC2)c(C(=O)Nc2ccc(N3CCOCC3)nc2)c1. The van der Waals surface area contributed by atoms with E-state index in [4.69, 9.17) is 4.74 Å². The van der Waals surface area contributed by atoms with Gasteiger partial charge in [0, 0.05) is 46.0 Å². The minimum atomic E-state index is -3.66. The molecule has 2 aliphatic rings. The fraction of sp³-hybridized carbons (Fsp3) is 0.478. The van der Waals surface area contributed by atoms with Gasteiger partial charge in [-0.15, -0.1) is 0 Å². The molecule has 178 valence electrons. The summed E-state index contributed by atoms with van der Waals surface area (Å²) in [7, 11) is -0.702. The molecular formula is C23H31N5O4S. The van der Waals surface area contributed by atoms with E-state index in [-0.39, 0.29) is 10.8 Å². The maximum absolute atomic E-state index is 13.3. The molecule has 9 nitrogen and oxygen atoms in total. The molecule has 10 heteroatoms. The van der Waals surface area contributed by atoms with Crippen LogP contribution in [0.2, 0.25) is 0 Å². The van der Waals surface area contributed by atoms with E-state index in [1.54, 1.807) is 18.3 Å². The number of nitrogens with one attached hydrogen (secondary N) is 1. The first kappa shape index (κ1) is 23.5. The standard InChI is InChI=1S/C23H31N5O4S/c1-26(2)33(30,31)19-7-8-21(27-10-4-3-5-11-27)20(16-19)23(29)25-18-6-9-22(24-17-18)28-12-14-32-15-13-28/h6-9,16-17H,3-5,10-15H2,1-2H3,(H,25,29). The molecule has 4 rings (SSSR count). The lowest BCUT2D eigenvalue weighted by Gasteiger charge is -2.30. The number of anilines is 3. The van der Waals surface area contributed by atoms with Crippen LogP contribution in [0.4, 0.5) is 17.2 Å². The normalized spacial score (nSPS) is 17.3. The molecule has 2 aliphatic heterocycles. The second-order valence-electron chi connectivity index (χ2n) is 8.47. The Labute approximate surface area is 195 Å². The lowest BCUT2D eigenvalue weighted by molar-refractivity contribution is 0.102. The van der Waals surface area contributed by atoms with E-state index in [9.17, 15) is 13.2 Å². The number of nitrogens with zero attached hydrogens (tertiary/aromatic N) is 4. The summed E-state index contributed by atoms with van der Waals surface area (Å²) in [5.74, 6) is 0.483. The van der Waals surface area contributed by atoms with Crippen LogP contribution in [0.5, 0.6) is 0 Å². The van der Waals surface area contributed by atoms with Gasteiger partial charge in [0.25, 0.3) is 5.91 Å². The summed E-state index contributed by atoms with van der Waals surface area (Å²) in [6, 6.07) is 8.49. The van der Waals surface area contributed by atoms with E-state index in [0.29, 0.717) is 24.5 Å². The highest BCUT2D eigenvalue weighted by Crippen LogP contribution is 2.29. The van der Waals surface area contributed by atoms with Crippen LogP contribution in [0.15, 0.2) is 41.4 Å². The molecule has 2 aromatic rings. The third-order valence-corrected chi connectivity index (χ3v) is 7.84. The Kier molecular flexibility index (Phi) is 7.16. The van der Waals surface area contributed by atoms with Gasteiger partial charge in [-0.3, -0.25) is 4.79 Å². The number of hydrogen-bond donors (Lipinski definition) is 1. The van der Waals surface area contributed by atoms with Crippen LogP contribution in [-0.2, 0) is 14.8 Å². The number of aromatic nitrogens is 1. The lowest BCUT2D eigenvalue weighted by atomic mass is 10.1. The number of morpholine rings is 1. The van der Waals surface area contributed by atoms with Gasteiger partial charge >= 0.3 is 0 Å². The highest BCUT2D eigenvalue weighted by atomic mass is 32.2. The highest BCUT2D eigenvalue weighted by Gasteiger charge is 2.24. The fourth-order valence-electron chi connectivity index (χ4n) is 4.12. The Morgan fingerprint density at radius 3 is 2.36 bits per heavy atom. The minimum absolute atomic E-state index is 0.0965. The molecule has 1 aromatic heterocycles. The summed E-state index contributed by atoms with van der Waals surface area (Å²) in [5.41, 5.74) is 1.65. The largest absolute Gasteiger partial charge is 0.378 e. The van der Waals surface area contributed by atoms with E-state index < -0.39 is 10.0 Å².